The van der Waals surface area contributed by atoms with Gasteiger partial charge in [-0.15, -0.1) is 0 Å². The highest BCUT2D eigenvalue weighted by atomic mass is 16.5. The monoisotopic (exact) mass is 346 g/mol. The van der Waals surface area contributed by atoms with E-state index in [0.717, 1.165) is 53.8 Å². The second-order valence-electron chi connectivity index (χ2n) is 6.40. The number of aromatic nitrogens is 4. The Morgan fingerprint density at radius 2 is 1.92 bits per heavy atom. The summed E-state index contributed by atoms with van der Waals surface area (Å²) < 4.78 is 8.10. The van der Waals surface area contributed by atoms with Gasteiger partial charge in [-0.2, -0.15) is 0 Å². The molecule has 26 heavy (non-hydrogen) atoms. The van der Waals surface area contributed by atoms with Gasteiger partial charge in [0.1, 0.15) is 11.3 Å². The summed E-state index contributed by atoms with van der Waals surface area (Å²) in [5.74, 6) is 0.997. The summed E-state index contributed by atoms with van der Waals surface area (Å²) >= 11 is 0. The zero-order chi connectivity index (χ0) is 17.8. The van der Waals surface area contributed by atoms with Gasteiger partial charge in [0.25, 0.3) is 0 Å². The first-order valence-electron chi connectivity index (χ1n) is 9.00. The average Bonchev–Trinajstić information content (AvgIpc) is 3.01. The molecule has 1 aromatic carbocycles. The van der Waals surface area contributed by atoms with E-state index in [0.29, 0.717) is 6.61 Å². The summed E-state index contributed by atoms with van der Waals surface area (Å²) in [4.78, 5) is 13.3. The van der Waals surface area contributed by atoms with Crippen molar-refractivity contribution in [3.05, 3.63) is 66.4 Å². The van der Waals surface area contributed by atoms with Gasteiger partial charge in [0.15, 0.2) is 0 Å². The van der Waals surface area contributed by atoms with Crippen molar-refractivity contribution >= 4 is 21.9 Å². The van der Waals surface area contributed by atoms with E-state index < -0.39 is 0 Å². The Balaban J connectivity index is 1.39. The maximum Gasteiger partial charge on any atom is 0.108 e. The van der Waals surface area contributed by atoms with E-state index in [1.807, 2.05) is 43.6 Å². The number of pyridine rings is 2. The fraction of sp³-hybridized carbons (Fsp3) is 0.286. The van der Waals surface area contributed by atoms with E-state index in [4.69, 9.17) is 4.74 Å². The lowest BCUT2D eigenvalue weighted by atomic mass is 10.2. The standard InChI is InChI=1S/C21H22N4O/c1-16-24-20-15-23-19-9-3-2-8-18(19)21(20)25(16)11-13-26-12-5-7-17-6-4-10-22-14-17/h2-4,6,8-10,14-15H,5,7,11-13H2,1H3. The SMILES string of the molecule is Cc1nc2cnc3ccccc3c2n1CCOCCCc1cccnc1. The zero-order valence-electron chi connectivity index (χ0n) is 14.9. The van der Waals surface area contributed by atoms with Gasteiger partial charge < -0.3 is 9.30 Å². The molecule has 0 unspecified atom stereocenters. The van der Waals surface area contributed by atoms with E-state index in [1.165, 1.54) is 5.56 Å². The Morgan fingerprint density at radius 3 is 2.81 bits per heavy atom. The first-order valence-corrected chi connectivity index (χ1v) is 9.00. The minimum atomic E-state index is 0.677. The second kappa shape index (κ2) is 7.62. The number of fused-ring (bicyclic) bond motifs is 3. The summed E-state index contributed by atoms with van der Waals surface area (Å²) in [7, 11) is 0. The van der Waals surface area contributed by atoms with Gasteiger partial charge in [0.2, 0.25) is 0 Å². The van der Waals surface area contributed by atoms with Crippen molar-refractivity contribution in [2.24, 2.45) is 0 Å². The van der Waals surface area contributed by atoms with Gasteiger partial charge in [-0.05, 0) is 37.5 Å². The average molecular weight is 346 g/mol. The summed E-state index contributed by atoms with van der Waals surface area (Å²) in [5.41, 5.74) is 4.34. The molecule has 0 aliphatic carbocycles. The lowest BCUT2D eigenvalue weighted by molar-refractivity contribution is 0.124. The Morgan fingerprint density at radius 1 is 1.00 bits per heavy atom. The number of aryl methyl sites for hydroxylation is 2. The quantitative estimate of drug-likeness (QED) is 0.476. The Kier molecular flexibility index (Phi) is 4.88. The minimum absolute atomic E-state index is 0.677. The highest BCUT2D eigenvalue weighted by molar-refractivity contribution is 6.02. The second-order valence-corrected chi connectivity index (χ2v) is 6.40. The van der Waals surface area contributed by atoms with Gasteiger partial charge >= 0.3 is 0 Å². The molecule has 0 bridgehead atoms. The minimum Gasteiger partial charge on any atom is -0.380 e. The van der Waals surface area contributed by atoms with E-state index in [2.05, 4.69) is 31.7 Å². The summed E-state index contributed by atoms with van der Waals surface area (Å²) in [6.45, 7) is 4.26. The molecule has 0 radical (unpaired) electrons. The first kappa shape index (κ1) is 16.7. The fourth-order valence-electron chi connectivity index (χ4n) is 3.33. The molecule has 0 spiro atoms. The van der Waals surface area contributed by atoms with Crippen LogP contribution in [-0.2, 0) is 17.7 Å². The largest absolute Gasteiger partial charge is 0.380 e. The molecule has 0 aliphatic heterocycles. The fourth-order valence-corrected chi connectivity index (χ4v) is 3.33. The molecular weight excluding hydrogens is 324 g/mol. The number of benzene rings is 1. The van der Waals surface area contributed by atoms with E-state index in [1.54, 1.807) is 6.20 Å². The molecule has 0 aliphatic rings. The number of nitrogens with zero attached hydrogens (tertiary/aromatic N) is 4. The molecule has 3 heterocycles. The maximum absolute atomic E-state index is 5.86. The lowest BCUT2D eigenvalue weighted by Crippen LogP contribution is -2.09. The molecule has 0 amide bonds. The van der Waals surface area contributed by atoms with Crippen LogP contribution >= 0.6 is 0 Å². The van der Waals surface area contributed by atoms with Crippen LogP contribution < -0.4 is 0 Å². The topological polar surface area (TPSA) is 52.8 Å². The molecule has 4 rings (SSSR count). The van der Waals surface area contributed by atoms with Crippen LogP contribution in [0.4, 0.5) is 0 Å². The highest BCUT2D eigenvalue weighted by Gasteiger charge is 2.11. The van der Waals surface area contributed by atoms with Crippen LogP contribution in [0.5, 0.6) is 0 Å². The van der Waals surface area contributed by atoms with Crippen LogP contribution in [0.3, 0.4) is 0 Å². The van der Waals surface area contributed by atoms with Crippen molar-refractivity contribution in [1.29, 1.82) is 0 Å². The molecule has 4 aromatic rings. The van der Waals surface area contributed by atoms with E-state index >= 15 is 0 Å². The molecule has 0 N–H and O–H groups in total. The third-order valence-corrected chi connectivity index (χ3v) is 4.61. The van der Waals surface area contributed by atoms with E-state index in [9.17, 15) is 0 Å². The maximum atomic E-state index is 5.86. The molecule has 5 heteroatoms. The number of hydrogen-bond donors (Lipinski definition) is 0. The Hall–Kier alpha value is -2.79. The predicted molar refractivity (Wildman–Crippen MR) is 103 cm³/mol. The van der Waals surface area contributed by atoms with Gasteiger partial charge in [0, 0.05) is 30.9 Å². The van der Waals surface area contributed by atoms with Gasteiger partial charge in [-0.1, -0.05) is 24.3 Å². The van der Waals surface area contributed by atoms with Gasteiger partial charge in [0.05, 0.1) is 23.8 Å². The number of imidazole rings is 1. The molecule has 0 saturated heterocycles. The summed E-state index contributed by atoms with van der Waals surface area (Å²) in [5, 5.41) is 1.14. The van der Waals surface area contributed by atoms with Crippen LogP contribution in [0.25, 0.3) is 21.9 Å². The Labute approximate surface area is 152 Å². The van der Waals surface area contributed by atoms with Crippen molar-refractivity contribution in [2.45, 2.75) is 26.3 Å². The predicted octanol–water partition coefficient (Wildman–Crippen LogP) is 3.94. The van der Waals surface area contributed by atoms with Crippen molar-refractivity contribution < 1.29 is 4.74 Å². The molecule has 0 atom stereocenters. The van der Waals surface area contributed by atoms with Crippen LogP contribution in [0.1, 0.15) is 17.8 Å². The van der Waals surface area contributed by atoms with Gasteiger partial charge in [-0.3, -0.25) is 9.97 Å². The van der Waals surface area contributed by atoms with Crippen LogP contribution in [0.15, 0.2) is 55.0 Å². The number of para-hydroxylation sites is 1. The van der Waals surface area contributed by atoms with Crippen LogP contribution in [0.2, 0.25) is 0 Å². The number of rotatable bonds is 7. The zero-order valence-corrected chi connectivity index (χ0v) is 14.9. The third-order valence-electron chi connectivity index (χ3n) is 4.61. The lowest BCUT2D eigenvalue weighted by Gasteiger charge is -2.09. The molecule has 5 nitrogen and oxygen atoms in total. The number of hydrogen-bond acceptors (Lipinski definition) is 4. The van der Waals surface area contributed by atoms with Crippen molar-refractivity contribution in [1.82, 2.24) is 19.5 Å². The molecular formula is C21H22N4O. The van der Waals surface area contributed by atoms with Crippen molar-refractivity contribution in [3.63, 3.8) is 0 Å². The van der Waals surface area contributed by atoms with Gasteiger partial charge in [-0.25, -0.2) is 4.98 Å². The molecule has 132 valence electrons. The Bertz CT molecular complexity index is 1010. The van der Waals surface area contributed by atoms with Crippen molar-refractivity contribution in [2.75, 3.05) is 13.2 Å². The smallest absolute Gasteiger partial charge is 0.108 e. The van der Waals surface area contributed by atoms with Crippen LogP contribution in [-0.4, -0.2) is 32.7 Å². The molecule has 3 aromatic heterocycles. The molecule has 0 saturated carbocycles. The third kappa shape index (κ3) is 3.44. The molecule has 0 fully saturated rings. The van der Waals surface area contributed by atoms with Crippen molar-refractivity contribution in [3.8, 4) is 0 Å². The van der Waals surface area contributed by atoms with E-state index in [-0.39, 0.29) is 0 Å². The highest BCUT2D eigenvalue weighted by Crippen LogP contribution is 2.24. The van der Waals surface area contributed by atoms with Crippen LogP contribution in [0, 0.1) is 6.92 Å². The summed E-state index contributed by atoms with van der Waals surface area (Å²) in [6, 6.07) is 12.3. The number of ether oxygens (including phenoxy) is 1. The first-order chi connectivity index (χ1) is 12.8. The normalized spacial score (nSPS) is 11.4. The summed E-state index contributed by atoms with van der Waals surface area (Å²) in [6.07, 6.45) is 7.58.